The molecule has 2 atom stereocenters. The number of aromatic nitrogens is 2. The third-order valence-corrected chi connectivity index (χ3v) is 7.99. The Morgan fingerprint density at radius 3 is 2.69 bits per heavy atom. The van der Waals surface area contributed by atoms with Crippen molar-refractivity contribution in [1.82, 2.24) is 14.9 Å². The molecule has 2 aromatic heterocycles. The minimum absolute atomic E-state index is 0.0127. The van der Waals surface area contributed by atoms with E-state index in [-0.39, 0.29) is 41.5 Å². The Morgan fingerprint density at radius 1 is 1.25 bits per heavy atom. The van der Waals surface area contributed by atoms with Gasteiger partial charge in [-0.3, -0.25) is 4.79 Å². The number of ether oxygens (including phenoxy) is 1. The molecule has 36 heavy (non-hydrogen) atoms. The van der Waals surface area contributed by atoms with E-state index in [2.05, 4.69) is 26.1 Å². The monoisotopic (exact) mass is 491 g/mol. The quantitative estimate of drug-likeness (QED) is 0.413. The summed E-state index contributed by atoms with van der Waals surface area (Å²) in [4.78, 5) is 31.0. The van der Waals surface area contributed by atoms with E-state index in [4.69, 9.17) is 9.72 Å². The molecule has 2 N–H and O–H groups in total. The van der Waals surface area contributed by atoms with Crippen molar-refractivity contribution < 1.29 is 19.0 Å². The Bertz CT molecular complexity index is 1550. The van der Waals surface area contributed by atoms with E-state index >= 15 is 0 Å². The Hall–Kier alpha value is -3.10. The van der Waals surface area contributed by atoms with E-state index < -0.39 is 11.6 Å². The lowest BCUT2D eigenvalue weighted by Gasteiger charge is -2.34. The summed E-state index contributed by atoms with van der Waals surface area (Å²) in [5.74, 6) is -1.04. The highest BCUT2D eigenvalue weighted by molar-refractivity contribution is 5.93. The summed E-state index contributed by atoms with van der Waals surface area (Å²) in [6.07, 6.45) is 1.63. The summed E-state index contributed by atoms with van der Waals surface area (Å²) in [5.41, 5.74) is 3.55. The van der Waals surface area contributed by atoms with Crippen molar-refractivity contribution in [3.63, 3.8) is 0 Å². The molecule has 4 heterocycles. The molecule has 2 aliphatic heterocycles. The van der Waals surface area contributed by atoms with Gasteiger partial charge in [0.05, 0.1) is 29.0 Å². The van der Waals surface area contributed by atoms with Gasteiger partial charge in [0.2, 0.25) is 0 Å². The Labute approximate surface area is 208 Å². The number of halogens is 1. The van der Waals surface area contributed by atoms with Crippen molar-refractivity contribution in [2.45, 2.75) is 84.2 Å². The predicted molar refractivity (Wildman–Crippen MR) is 133 cm³/mol. The van der Waals surface area contributed by atoms with E-state index in [1.54, 1.807) is 17.6 Å². The number of carbonyl (C=O) groups excluding carboxylic acids is 1. The van der Waals surface area contributed by atoms with E-state index in [0.29, 0.717) is 34.6 Å². The number of hydrogen-bond donors (Lipinski definition) is 2. The number of cyclic esters (lactones) is 1. The first-order chi connectivity index (χ1) is 16.9. The number of benzene rings is 1. The van der Waals surface area contributed by atoms with Crippen molar-refractivity contribution in [3.05, 3.63) is 61.7 Å². The molecule has 3 aliphatic rings. The minimum atomic E-state index is -1.89. The first-order valence-electron chi connectivity index (χ1n) is 12.5. The molecule has 0 spiro atoms. The van der Waals surface area contributed by atoms with Crippen molar-refractivity contribution in [3.8, 4) is 11.4 Å². The van der Waals surface area contributed by atoms with Gasteiger partial charge >= 0.3 is 5.97 Å². The smallest absolute Gasteiger partial charge is 0.343 e. The molecule has 0 fully saturated rings. The molecule has 0 bridgehead atoms. The van der Waals surface area contributed by atoms with E-state index in [1.165, 1.54) is 6.07 Å². The molecule has 1 aromatic carbocycles. The van der Waals surface area contributed by atoms with Crippen LogP contribution in [0.4, 0.5) is 4.39 Å². The van der Waals surface area contributed by atoms with E-state index in [9.17, 15) is 19.1 Å². The van der Waals surface area contributed by atoms with Gasteiger partial charge in [-0.1, -0.05) is 6.92 Å². The van der Waals surface area contributed by atoms with Crippen LogP contribution in [0.1, 0.15) is 80.0 Å². The summed E-state index contributed by atoms with van der Waals surface area (Å²) < 4.78 is 21.8. The van der Waals surface area contributed by atoms with Crippen LogP contribution in [0.5, 0.6) is 0 Å². The van der Waals surface area contributed by atoms with Crippen molar-refractivity contribution in [2.24, 2.45) is 0 Å². The Morgan fingerprint density at radius 2 is 2.00 bits per heavy atom. The first-order valence-corrected chi connectivity index (χ1v) is 12.5. The third kappa shape index (κ3) is 3.07. The predicted octanol–water partition coefficient (Wildman–Crippen LogP) is 3.90. The molecule has 0 saturated heterocycles. The van der Waals surface area contributed by atoms with Crippen LogP contribution in [0.15, 0.2) is 16.9 Å². The number of aliphatic hydroxyl groups is 1. The van der Waals surface area contributed by atoms with Gasteiger partial charge in [-0.2, -0.15) is 0 Å². The van der Waals surface area contributed by atoms with Gasteiger partial charge in [0.1, 0.15) is 12.4 Å². The third-order valence-electron chi connectivity index (χ3n) is 7.99. The van der Waals surface area contributed by atoms with Crippen molar-refractivity contribution in [1.29, 1.82) is 0 Å². The maximum atomic E-state index is 15.0. The van der Waals surface area contributed by atoms with Crippen LogP contribution in [0.3, 0.4) is 0 Å². The number of pyridine rings is 2. The maximum Gasteiger partial charge on any atom is 0.343 e. The molecule has 3 aromatic rings. The normalized spacial score (nSPS) is 22.3. The fraction of sp³-hybridized carbons (Fsp3) is 0.464. The van der Waals surface area contributed by atoms with Gasteiger partial charge in [-0.15, -0.1) is 0 Å². The highest BCUT2D eigenvalue weighted by atomic mass is 19.1. The lowest BCUT2D eigenvalue weighted by molar-refractivity contribution is -0.172. The Balaban J connectivity index is 1.67. The molecule has 188 valence electrons. The fourth-order valence-electron chi connectivity index (χ4n) is 6.22. The van der Waals surface area contributed by atoms with Crippen LogP contribution >= 0.6 is 0 Å². The van der Waals surface area contributed by atoms with Gasteiger partial charge in [-0.25, -0.2) is 14.2 Å². The molecule has 7 nitrogen and oxygen atoms in total. The lowest BCUT2D eigenvalue weighted by atomic mass is 9.81. The second-order valence-corrected chi connectivity index (χ2v) is 11.3. The molecular weight excluding hydrogens is 461 g/mol. The van der Waals surface area contributed by atoms with Crippen LogP contribution in [-0.4, -0.2) is 26.2 Å². The minimum Gasteiger partial charge on any atom is -0.458 e. The standard InChI is InChI=1S/C28H30FN3O4/c1-6-28(35)17-9-21-24-15(11-32(21)25(33)16(17)12-36-26(28)34)23-19(31-27(3,4)5)8-7-14-13(2)18(29)10-20(30-24)22(14)23/h9-10,19,31,35H,6-8,11-12H2,1-5H3/t19?,28-/m0/s1. The van der Waals surface area contributed by atoms with Crippen molar-refractivity contribution >= 4 is 16.9 Å². The summed E-state index contributed by atoms with van der Waals surface area (Å²) in [6, 6.07) is 3.20. The zero-order valence-corrected chi connectivity index (χ0v) is 21.2. The number of nitrogens with one attached hydrogen (secondary N) is 1. The van der Waals surface area contributed by atoms with Gasteiger partial charge in [-0.05, 0) is 69.7 Å². The molecule has 1 aliphatic carbocycles. The highest BCUT2D eigenvalue weighted by Gasteiger charge is 2.46. The highest BCUT2D eigenvalue weighted by Crippen LogP contribution is 2.46. The number of rotatable bonds is 2. The first kappa shape index (κ1) is 23.3. The molecule has 6 rings (SSSR count). The number of fused-ring (bicyclic) bond motifs is 5. The molecular formula is C28H30FN3O4. The molecule has 0 radical (unpaired) electrons. The summed E-state index contributed by atoms with van der Waals surface area (Å²) in [5, 5.41) is 15.9. The van der Waals surface area contributed by atoms with Crippen molar-refractivity contribution in [2.75, 3.05) is 0 Å². The summed E-state index contributed by atoms with van der Waals surface area (Å²) in [7, 11) is 0. The van der Waals surface area contributed by atoms with E-state index in [1.807, 2.05) is 6.92 Å². The van der Waals surface area contributed by atoms with Gasteiger partial charge in [0, 0.05) is 34.2 Å². The van der Waals surface area contributed by atoms with Crippen LogP contribution in [0.25, 0.3) is 22.3 Å². The number of hydrogen-bond acceptors (Lipinski definition) is 6. The number of esters is 1. The second-order valence-electron chi connectivity index (χ2n) is 11.3. The SMILES string of the molecule is CC[C@@]1(O)C(=O)OCc2c1cc1n(c2=O)Cc2c-1nc1cc(F)c(C)c3c1c2C(NC(C)(C)C)CC3. The lowest BCUT2D eigenvalue weighted by Crippen LogP contribution is -2.44. The molecule has 0 saturated carbocycles. The number of nitrogens with zero attached hydrogens (tertiary/aromatic N) is 2. The van der Waals surface area contributed by atoms with Gasteiger partial charge in [0.15, 0.2) is 5.60 Å². The largest absolute Gasteiger partial charge is 0.458 e. The molecule has 8 heteroatoms. The summed E-state index contributed by atoms with van der Waals surface area (Å²) in [6.45, 7) is 10.0. The second kappa shape index (κ2) is 7.46. The Kier molecular flexibility index (Phi) is 4.83. The van der Waals surface area contributed by atoms with Gasteiger partial charge in [0.25, 0.3) is 5.56 Å². The van der Waals surface area contributed by atoms with Crippen LogP contribution in [0.2, 0.25) is 0 Å². The average Bonchev–Trinajstić information content (AvgIpc) is 3.18. The zero-order valence-electron chi connectivity index (χ0n) is 21.2. The number of aryl methyl sites for hydroxylation is 1. The van der Waals surface area contributed by atoms with Gasteiger partial charge < -0.3 is 19.7 Å². The average molecular weight is 492 g/mol. The fourth-order valence-corrected chi connectivity index (χ4v) is 6.22. The molecule has 0 amide bonds. The van der Waals surface area contributed by atoms with Crippen LogP contribution in [0, 0.1) is 12.7 Å². The van der Waals surface area contributed by atoms with Crippen LogP contribution < -0.4 is 10.9 Å². The van der Waals surface area contributed by atoms with Crippen LogP contribution in [-0.2, 0) is 34.7 Å². The maximum absolute atomic E-state index is 15.0. The molecule has 1 unspecified atom stereocenters. The zero-order chi connectivity index (χ0) is 25.7. The topological polar surface area (TPSA) is 93.5 Å². The summed E-state index contributed by atoms with van der Waals surface area (Å²) >= 11 is 0. The number of carbonyl (C=O) groups is 1. The van der Waals surface area contributed by atoms with E-state index in [0.717, 1.165) is 34.9 Å².